The first-order valence-corrected chi connectivity index (χ1v) is 8.72. The van der Waals surface area contributed by atoms with Crippen molar-refractivity contribution < 1.29 is 34.2 Å². The number of benzene rings is 1. The highest BCUT2D eigenvalue weighted by Gasteiger charge is 2.28. The lowest BCUT2D eigenvalue weighted by Gasteiger charge is -2.22. The monoisotopic (exact) mass is 408 g/mol. The third-order valence-corrected chi connectivity index (χ3v) is 3.87. The quantitative estimate of drug-likeness (QED) is 0.248. The standard InChI is InChI=1S/C18H24N4O7/c1-10(16(26)22-13(18(28)29)8-15(24)25)20-17(27)12(21-14(23)9-19)7-11-5-3-2-4-6-11/h2-6,10,12-13H,7-9,19H2,1H3,(H,20,27)(H,21,23)(H,22,26)(H,24,25)(H,28,29)/t10-,12-,13+/m0/s1. The molecular weight excluding hydrogens is 384 g/mol. The van der Waals surface area contributed by atoms with Crippen LogP contribution >= 0.6 is 0 Å². The predicted octanol–water partition coefficient (Wildman–Crippen LogP) is -1.78. The van der Waals surface area contributed by atoms with E-state index in [4.69, 9.17) is 15.9 Å². The van der Waals surface area contributed by atoms with Gasteiger partial charge in [-0.1, -0.05) is 30.3 Å². The molecule has 0 aliphatic carbocycles. The molecule has 1 aromatic carbocycles. The van der Waals surface area contributed by atoms with Crippen LogP contribution in [0.25, 0.3) is 0 Å². The van der Waals surface area contributed by atoms with Gasteiger partial charge in [-0.25, -0.2) is 4.79 Å². The van der Waals surface area contributed by atoms with Crippen molar-refractivity contribution in [3.05, 3.63) is 35.9 Å². The van der Waals surface area contributed by atoms with Gasteiger partial charge in [0.2, 0.25) is 17.7 Å². The average molecular weight is 408 g/mol. The zero-order chi connectivity index (χ0) is 22.0. The number of hydrogen-bond acceptors (Lipinski definition) is 6. The molecule has 29 heavy (non-hydrogen) atoms. The van der Waals surface area contributed by atoms with Crippen LogP contribution in [-0.4, -0.2) is 64.5 Å². The zero-order valence-electron chi connectivity index (χ0n) is 15.8. The van der Waals surface area contributed by atoms with Gasteiger partial charge in [-0.2, -0.15) is 0 Å². The van der Waals surface area contributed by atoms with Crippen LogP contribution in [0.15, 0.2) is 30.3 Å². The van der Waals surface area contributed by atoms with Crippen LogP contribution in [0.1, 0.15) is 18.9 Å². The lowest BCUT2D eigenvalue weighted by Crippen LogP contribution is -2.56. The van der Waals surface area contributed by atoms with E-state index in [1.807, 2.05) is 0 Å². The maximum absolute atomic E-state index is 12.6. The van der Waals surface area contributed by atoms with E-state index >= 15 is 0 Å². The number of nitrogens with one attached hydrogen (secondary N) is 3. The molecule has 1 aromatic rings. The molecule has 0 fully saturated rings. The Bertz CT molecular complexity index is 754. The summed E-state index contributed by atoms with van der Waals surface area (Å²) in [5, 5.41) is 24.6. The van der Waals surface area contributed by atoms with Crippen LogP contribution in [-0.2, 0) is 30.4 Å². The van der Waals surface area contributed by atoms with Gasteiger partial charge in [0, 0.05) is 6.42 Å². The summed E-state index contributed by atoms with van der Waals surface area (Å²) in [6.07, 6.45) is -0.672. The number of carboxylic acid groups (broad SMARTS) is 2. The fraction of sp³-hybridized carbons (Fsp3) is 0.389. The van der Waals surface area contributed by atoms with E-state index in [1.165, 1.54) is 6.92 Å². The Balaban J connectivity index is 2.80. The number of nitrogens with two attached hydrogens (primary N) is 1. The lowest BCUT2D eigenvalue weighted by molar-refractivity contribution is -0.147. The Morgan fingerprint density at radius 3 is 2.07 bits per heavy atom. The highest BCUT2D eigenvalue weighted by molar-refractivity contribution is 5.94. The van der Waals surface area contributed by atoms with Gasteiger partial charge in [-0.3, -0.25) is 19.2 Å². The molecule has 0 unspecified atom stereocenters. The minimum absolute atomic E-state index is 0.142. The van der Waals surface area contributed by atoms with Crippen molar-refractivity contribution in [2.45, 2.75) is 37.9 Å². The summed E-state index contributed by atoms with van der Waals surface area (Å²) in [5.41, 5.74) is 6.03. The van der Waals surface area contributed by atoms with E-state index in [0.717, 1.165) is 5.56 Å². The van der Waals surface area contributed by atoms with Crippen molar-refractivity contribution in [1.82, 2.24) is 16.0 Å². The first-order chi connectivity index (χ1) is 13.6. The molecular formula is C18H24N4O7. The first-order valence-electron chi connectivity index (χ1n) is 8.72. The van der Waals surface area contributed by atoms with E-state index in [9.17, 15) is 24.0 Å². The van der Waals surface area contributed by atoms with Gasteiger partial charge < -0.3 is 31.9 Å². The largest absolute Gasteiger partial charge is 0.481 e. The summed E-state index contributed by atoms with van der Waals surface area (Å²) < 4.78 is 0. The van der Waals surface area contributed by atoms with Crippen molar-refractivity contribution in [1.29, 1.82) is 0 Å². The van der Waals surface area contributed by atoms with E-state index < -0.39 is 54.2 Å². The number of rotatable bonds is 11. The lowest BCUT2D eigenvalue weighted by atomic mass is 10.0. The second-order valence-corrected chi connectivity index (χ2v) is 6.24. The second-order valence-electron chi connectivity index (χ2n) is 6.24. The van der Waals surface area contributed by atoms with Gasteiger partial charge in [0.25, 0.3) is 0 Å². The van der Waals surface area contributed by atoms with Crippen molar-refractivity contribution >= 4 is 29.7 Å². The second kappa shape index (κ2) is 11.4. The third kappa shape index (κ3) is 8.39. The molecule has 158 valence electrons. The number of carboxylic acids is 2. The number of carbonyl (C=O) groups is 5. The summed E-state index contributed by atoms with van der Waals surface area (Å²) in [6, 6.07) is 5.00. The molecule has 0 saturated heterocycles. The van der Waals surface area contributed by atoms with Crippen LogP contribution in [0.5, 0.6) is 0 Å². The van der Waals surface area contributed by atoms with E-state index in [1.54, 1.807) is 30.3 Å². The SMILES string of the molecule is C[C@H](NC(=O)[C@H](Cc1ccccc1)NC(=O)CN)C(=O)N[C@H](CC(=O)O)C(=O)O. The van der Waals surface area contributed by atoms with Crippen molar-refractivity contribution in [3.8, 4) is 0 Å². The van der Waals surface area contributed by atoms with Crippen LogP contribution in [0, 0.1) is 0 Å². The Morgan fingerprint density at radius 1 is 0.931 bits per heavy atom. The molecule has 0 aromatic heterocycles. The smallest absolute Gasteiger partial charge is 0.326 e. The molecule has 11 heteroatoms. The minimum Gasteiger partial charge on any atom is -0.481 e. The Labute approximate surface area is 166 Å². The van der Waals surface area contributed by atoms with Crippen molar-refractivity contribution in [3.63, 3.8) is 0 Å². The zero-order valence-corrected chi connectivity index (χ0v) is 15.8. The molecule has 11 nitrogen and oxygen atoms in total. The molecule has 3 atom stereocenters. The van der Waals surface area contributed by atoms with Gasteiger partial charge in [0.15, 0.2) is 0 Å². The van der Waals surface area contributed by atoms with Crippen LogP contribution in [0.2, 0.25) is 0 Å². The minimum atomic E-state index is -1.64. The van der Waals surface area contributed by atoms with E-state index in [2.05, 4.69) is 16.0 Å². The van der Waals surface area contributed by atoms with Crippen molar-refractivity contribution in [2.75, 3.05) is 6.54 Å². The molecule has 0 aliphatic rings. The van der Waals surface area contributed by atoms with E-state index in [-0.39, 0.29) is 13.0 Å². The van der Waals surface area contributed by atoms with Crippen molar-refractivity contribution in [2.24, 2.45) is 5.73 Å². The predicted molar refractivity (Wildman–Crippen MR) is 101 cm³/mol. The van der Waals surface area contributed by atoms with Crippen LogP contribution < -0.4 is 21.7 Å². The fourth-order valence-electron chi connectivity index (χ4n) is 2.36. The molecule has 0 spiro atoms. The van der Waals surface area contributed by atoms with E-state index in [0.29, 0.717) is 0 Å². The average Bonchev–Trinajstić information content (AvgIpc) is 2.66. The van der Waals surface area contributed by atoms with Gasteiger partial charge in [-0.15, -0.1) is 0 Å². The summed E-state index contributed by atoms with van der Waals surface area (Å²) in [7, 11) is 0. The Hall–Kier alpha value is -3.47. The van der Waals surface area contributed by atoms with Gasteiger partial charge in [0.1, 0.15) is 18.1 Å². The summed E-state index contributed by atoms with van der Waals surface area (Å²) in [4.78, 5) is 58.1. The van der Waals surface area contributed by atoms with Gasteiger partial charge in [-0.05, 0) is 12.5 Å². The molecule has 0 heterocycles. The maximum atomic E-state index is 12.6. The maximum Gasteiger partial charge on any atom is 0.326 e. The highest BCUT2D eigenvalue weighted by Crippen LogP contribution is 2.04. The number of carbonyl (C=O) groups excluding carboxylic acids is 3. The highest BCUT2D eigenvalue weighted by atomic mass is 16.4. The Kier molecular flexibility index (Phi) is 9.26. The summed E-state index contributed by atoms with van der Waals surface area (Å²) in [5.74, 6) is -5.04. The molecule has 0 saturated carbocycles. The molecule has 3 amide bonds. The summed E-state index contributed by atoms with van der Waals surface area (Å²) in [6.45, 7) is 0.974. The molecule has 7 N–H and O–H groups in total. The topological polar surface area (TPSA) is 188 Å². The van der Waals surface area contributed by atoms with Gasteiger partial charge >= 0.3 is 11.9 Å². The van der Waals surface area contributed by atoms with Crippen LogP contribution in [0.4, 0.5) is 0 Å². The molecule has 0 bridgehead atoms. The van der Waals surface area contributed by atoms with Crippen LogP contribution in [0.3, 0.4) is 0 Å². The van der Waals surface area contributed by atoms with Gasteiger partial charge in [0.05, 0.1) is 13.0 Å². The third-order valence-electron chi connectivity index (χ3n) is 3.87. The molecule has 1 rings (SSSR count). The fourth-order valence-corrected chi connectivity index (χ4v) is 2.36. The number of amides is 3. The normalized spacial score (nSPS) is 13.4. The summed E-state index contributed by atoms with van der Waals surface area (Å²) >= 11 is 0. The molecule has 0 aliphatic heterocycles. The number of hydrogen-bond donors (Lipinski definition) is 6. The first kappa shape index (κ1) is 23.6. The number of aliphatic carboxylic acids is 2. The molecule has 0 radical (unpaired) electrons. The Morgan fingerprint density at radius 2 is 1.55 bits per heavy atom.